The number of fused-ring (bicyclic) bond motifs is 1. The van der Waals surface area contributed by atoms with Crippen molar-refractivity contribution in [2.24, 2.45) is 5.92 Å². The highest BCUT2D eigenvalue weighted by molar-refractivity contribution is 7.92. The Morgan fingerprint density at radius 3 is 2.50 bits per heavy atom. The lowest BCUT2D eigenvalue weighted by Crippen LogP contribution is -2.47. The molecule has 2 aromatic carbocycles. The molecule has 4 atom stereocenters. The van der Waals surface area contributed by atoms with Crippen LogP contribution in [-0.2, 0) is 14.8 Å². The van der Waals surface area contributed by atoms with Gasteiger partial charge >= 0.3 is 0 Å². The van der Waals surface area contributed by atoms with Crippen molar-refractivity contribution in [1.29, 1.82) is 0 Å². The molecule has 0 bridgehead atoms. The summed E-state index contributed by atoms with van der Waals surface area (Å²) in [5, 5.41) is 10.5. The Hall–Kier alpha value is -2.37. The molecule has 0 radical (unpaired) electrons. The summed E-state index contributed by atoms with van der Waals surface area (Å²) >= 11 is 5.92. The van der Waals surface area contributed by atoms with Gasteiger partial charge in [-0.3, -0.25) is 9.52 Å². The molecule has 1 amide bonds. The lowest BCUT2D eigenvalue weighted by atomic mass is 10.0. The van der Waals surface area contributed by atoms with Crippen LogP contribution in [0.1, 0.15) is 50.4 Å². The van der Waals surface area contributed by atoms with Crippen molar-refractivity contribution in [2.45, 2.75) is 63.2 Å². The standard InChI is InChI=1S/C29H42ClN3O6S/c1-20-17-33(21(2)19-34)29(35)26-16-24(31-40(36,37)25-12-9-23(30)10-13-25)11-14-27(26)39-22(3)8-6-7-15-38-28(20)18-32(4)5/h9-14,16,20-22,28,31,34H,6-8,15,17-19H2,1-5H3/t20-,21+,22+,28-/m0/s1. The minimum Gasteiger partial charge on any atom is -0.490 e. The zero-order chi connectivity index (χ0) is 29.4. The van der Waals surface area contributed by atoms with Gasteiger partial charge in [-0.15, -0.1) is 0 Å². The van der Waals surface area contributed by atoms with Gasteiger partial charge in [0.25, 0.3) is 15.9 Å². The van der Waals surface area contributed by atoms with E-state index in [9.17, 15) is 18.3 Å². The van der Waals surface area contributed by atoms with E-state index in [1.54, 1.807) is 24.0 Å². The number of aliphatic hydroxyl groups excluding tert-OH is 1. The minimum atomic E-state index is -3.93. The van der Waals surface area contributed by atoms with Crippen molar-refractivity contribution >= 4 is 33.2 Å². The van der Waals surface area contributed by atoms with E-state index in [1.165, 1.54) is 30.3 Å². The molecule has 0 saturated carbocycles. The van der Waals surface area contributed by atoms with E-state index in [-0.39, 0.29) is 46.8 Å². The van der Waals surface area contributed by atoms with Crippen LogP contribution in [0, 0.1) is 5.92 Å². The first-order valence-corrected chi connectivity index (χ1v) is 15.5. The Morgan fingerprint density at radius 1 is 1.15 bits per heavy atom. The summed E-state index contributed by atoms with van der Waals surface area (Å²) in [6.07, 6.45) is 2.28. The lowest BCUT2D eigenvalue weighted by Gasteiger charge is -2.35. The Bertz CT molecular complexity index is 1220. The molecule has 222 valence electrons. The SMILES string of the molecule is C[C@@H]1CCCCO[C@@H](CN(C)C)[C@@H](C)CN([C@H](C)CO)C(=O)c2cc(NS(=O)(=O)c3ccc(Cl)cc3)ccc2O1. The number of carbonyl (C=O) groups excluding carboxylic acids is 1. The second-order valence-electron chi connectivity index (χ2n) is 10.8. The number of hydrogen-bond acceptors (Lipinski definition) is 7. The minimum absolute atomic E-state index is 0.0295. The van der Waals surface area contributed by atoms with Crippen LogP contribution < -0.4 is 9.46 Å². The summed E-state index contributed by atoms with van der Waals surface area (Å²) in [6, 6.07) is 10.1. The third-order valence-corrected chi connectivity index (χ3v) is 8.62. The molecular formula is C29H42ClN3O6S. The number of rotatable bonds is 7. The van der Waals surface area contributed by atoms with E-state index in [0.29, 0.717) is 30.5 Å². The highest BCUT2D eigenvalue weighted by Crippen LogP contribution is 2.29. The summed E-state index contributed by atoms with van der Waals surface area (Å²) in [6.45, 7) is 7.20. The number of anilines is 1. The fourth-order valence-electron chi connectivity index (χ4n) is 4.64. The van der Waals surface area contributed by atoms with Crippen LogP contribution in [0.2, 0.25) is 5.02 Å². The van der Waals surface area contributed by atoms with E-state index < -0.39 is 16.1 Å². The van der Waals surface area contributed by atoms with Crippen LogP contribution >= 0.6 is 11.6 Å². The van der Waals surface area contributed by atoms with Gasteiger partial charge in [-0.2, -0.15) is 0 Å². The summed E-state index contributed by atoms with van der Waals surface area (Å²) < 4.78 is 41.1. The molecule has 2 aromatic rings. The first-order valence-electron chi connectivity index (χ1n) is 13.7. The quantitative estimate of drug-likeness (QED) is 0.485. The van der Waals surface area contributed by atoms with Crippen LogP contribution in [0.3, 0.4) is 0 Å². The number of amides is 1. The van der Waals surface area contributed by atoms with Gasteiger partial charge in [-0.05, 0) is 89.7 Å². The van der Waals surface area contributed by atoms with Crippen LogP contribution in [0.25, 0.3) is 0 Å². The third-order valence-electron chi connectivity index (χ3n) is 6.97. The number of nitrogens with zero attached hydrogens (tertiary/aromatic N) is 2. The molecule has 1 aliphatic heterocycles. The summed E-state index contributed by atoms with van der Waals surface area (Å²) in [5.74, 6) is -0.0186. The number of hydrogen-bond donors (Lipinski definition) is 2. The monoisotopic (exact) mass is 595 g/mol. The van der Waals surface area contributed by atoms with Gasteiger partial charge in [-0.25, -0.2) is 8.42 Å². The summed E-state index contributed by atoms with van der Waals surface area (Å²) in [5.41, 5.74) is 0.440. The zero-order valence-corrected chi connectivity index (χ0v) is 25.5. The average Bonchev–Trinajstić information content (AvgIpc) is 2.90. The van der Waals surface area contributed by atoms with Crippen molar-refractivity contribution in [3.63, 3.8) is 0 Å². The predicted molar refractivity (Wildman–Crippen MR) is 158 cm³/mol. The normalized spacial score (nSPS) is 22.2. The second kappa shape index (κ2) is 14.5. The Labute approximate surface area is 243 Å². The third kappa shape index (κ3) is 8.81. The molecule has 1 aliphatic rings. The molecule has 0 unspecified atom stereocenters. The van der Waals surface area contributed by atoms with Crippen LogP contribution in [0.4, 0.5) is 5.69 Å². The van der Waals surface area contributed by atoms with Crippen LogP contribution in [0.15, 0.2) is 47.4 Å². The van der Waals surface area contributed by atoms with E-state index in [1.807, 2.05) is 27.9 Å². The molecule has 0 saturated heterocycles. The van der Waals surface area contributed by atoms with Crippen molar-refractivity contribution in [2.75, 3.05) is 45.1 Å². The molecule has 11 heteroatoms. The lowest BCUT2D eigenvalue weighted by molar-refractivity contribution is -0.0137. The first-order chi connectivity index (χ1) is 18.9. The second-order valence-corrected chi connectivity index (χ2v) is 13.0. The van der Waals surface area contributed by atoms with Gasteiger partial charge in [0.1, 0.15) is 5.75 Å². The van der Waals surface area contributed by atoms with Crippen molar-refractivity contribution in [1.82, 2.24) is 9.80 Å². The number of likely N-dealkylation sites (N-methyl/N-ethyl adjacent to an activating group) is 1. The molecule has 0 aliphatic carbocycles. The van der Waals surface area contributed by atoms with Crippen LogP contribution in [-0.4, -0.2) is 87.9 Å². The molecule has 2 N–H and O–H groups in total. The van der Waals surface area contributed by atoms with Crippen LogP contribution in [0.5, 0.6) is 5.75 Å². The molecule has 40 heavy (non-hydrogen) atoms. The fraction of sp³-hybridized carbons (Fsp3) is 0.552. The number of nitrogens with one attached hydrogen (secondary N) is 1. The van der Waals surface area contributed by atoms with Gasteiger partial charge in [0.15, 0.2) is 0 Å². The molecule has 0 aromatic heterocycles. The maximum atomic E-state index is 14.1. The van der Waals surface area contributed by atoms with Crippen molar-refractivity contribution < 1.29 is 27.8 Å². The Morgan fingerprint density at radius 2 is 1.85 bits per heavy atom. The van der Waals surface area contributed by atoms with E-state index in [4.69, 9.17) is 21.1 Å². The highest BCUT2D eigenvalue weighted by Gasteiger charge is 2.30. The topological polar surface area (TPSA) is 108 Å². The van der Waals surface area contributed by atoms with Gasteiger partial charge in [-0.1, -0.05) is 18.5 Å². The van der Waals surface area contributed by atoms with E-state index >= 15 is 0 Å². The number of halogens is 1. The fourth-order valence-corrected chi connectivity index (χ4v) is 5.81. The summed E-state index contributed by atoms with van der Waals surface area (Å²) in [4.78, 5) is 17.8. The van der Waals surface area contributed by atoms with E-state index in [2.05, 4.69) is 9.62 Å². The molecule has 0 spiro atoms. The first kappa shape index (κ1) is 32.1. The summed E-state index contributed by atoms with van der Waals surface area (Å²) in [7, 11) is 0.0459. The predicted octanol–water partition coefficient (Wildman–Crippen LogP) is 4.50. The molecule has 9 nitrogen and oxygen atoms in total. The number of benzene rings is 2. The largest absolute Gasteiger partial charge is 0.490 e. The number of aliphatic hydroxyl groups is 1. The maximum Gasteiger partial charge on any atom is 0.261 e. The molecule has 0 fully saturated rings. The number of ether oxygens (including phenoxy) is 2. The van der Waals surface area contributed by atoms with Crippen molar-refractivity contribution in [3.05, 3.63) is 53.1 Å². The molecule has 3 rings (SSSR count). The molecule has 1 heterocycles. The Balaban J connectivity index is 2.02. The van der Waals surface area contributed by atoms with Crippen molar-refractivity contribution in [3.8, 4) is 5.75 Å². The molecular weight excluding hydrogens is 554 g/mol. The highest BCUT2D eigenvalue weighted by atomic mass is 35.5. The maximum absolute atomic E-state index is 14.1. The van der Waals surface area contributed by atoms with Gasteiger partial charge in [0.2, 0.25) is 0 Å². The number of sulfonamides is 1. The van der Waals surface area contributed by atoms with E-state index in [0.717, 1.165) is 19.3 Å². The van der Waals surface area contributed by atoms with Gasteiger partial charge in [0.05, 0.1) is 35.3 Å². The number of carbonyl (C=O) groups is 1. The zero-order valence-electron chi connectivity index (χ0n) is 24.0. The Kier molecular flexibility index (Phi) is 11.7. The van der Waals surface area contributed by atoms with Gasteiger partial charge in [0, 0.05) is 36.3 Å². The average molecular weight is 596 g/mol. The van der Waals surface area contributed by atoms with Gasteiger partial charge < -0.3 is 24.4 Å². The smallest absolute Gasteiger partial charge is 0.261 e.